The monoisotopic (exact) mass is 156 g/mol. The van der Waals surface area contributed by atoms with Gasteiger partial charge in [-0.15, -0.1) is 0 Å². The number of ether oxygens (including phenoxy) is 2. The van der Waals surface area contributed by atoms with Crippen molar-refractivity contribution in [3.05, 3.63) is 0 Å². The summed E-state index contributed by atoms with van der Waals surface area (Å²) in [6, 6.07) is 0. The summed E-state index contributed by atoms with van der Waals surface area (Å²) in [7, 11) is 0. The van der Waals surface area contributed by atoms with Gasteiger partial charge in [0.25, 0.3) is 0 Å². The van der Waals surface area contributed by atoms with E-state index in [2.05, 4.69) is 20.8 Å². The molecule has 0 bridgehead atoms. The zero-order valence-electron chi connectivity index (χ0n) is 7.46. The SMILES string of the molecule is C[C@@H]1CO[C@@H]2[C@@H](C)CO[C@]12C. The van der Waals surface area contributed by atoms with Crippen LogP contribution in [0.2, 0.25) is 0 Å². The molecule has 0 N–H and O–H groups in total. The molecule has 2 heteroatoms. The standard InChI is InChI=1S/C9H16O2/c1-6-4-11-9(3)7(2)5-10-8(6)9/h6-8H,4-5H2,1-3H3/t6-,7+,8+,9+/m0/s1. The fourth-order valence-corrected chi connectivity index (χ4v) is 2.21. The maximum atomic E-state index is 5.76. The average molecular weight is 156 g/mol. The molecule has 2 heterocycles. The molecule has 0 aromatic rings. The lowest BCUT2D eigenvalue weighted by Crippen LogP contribution is -2.37. The van der Waals surface area contributed by atoms with Crippen LogP contribution in [0.3, 0.4) is 0 Å². The lowest BCUT2D eigenvalue weighted by atomic mass is 9.86. The number of hydrogen-bond acceptors (Lipinski definition) is 2. The zero-order valence-corrected chi connectivity index (χ0v) is 7.46. The summed E-state index contributed by atoms with van der Waals surface area (Å²) in [5, 5.41) is 0. The van der Waals surface area contributed by atoms with Crippen molar-refractivity contribution in [3.63, 3.8) is 0 Å². The predicted octanol–water partition coefficient (Wildman–Crippen LogP) is 1.45. The van der Waals surface area contributed by atoms with Gasteiger partial charge in [0.1, 0.15) is 0 Å². The van der Waals surface area contributed by atoms with Gasteiger partial charge in [-0.05, 0) is 6.92 Å². The third kappa shape index (κ3) is 0.859. The normalized spacial score (nSPS) is 56.5. The third-order valence-corrected chi connectivity index (χ3v) is 3.24. The van der Waals surface area contributed by atoms with Crippen LogP contribution in [0.15, 0.2) is 0 Å². The molecule has 0 radical (unpaired) electrons. The highest BCUT2D eigenvalue weighted by Crippen LogP contribution is 2.43. The largest absolute Gasteiger partial charge is 0.374 e. The van der Waals surface area contributed by atoms with E-state index in [1.165, 1.54) is 0 Å². The first kappa shape index (κ1) is 7.56. The molecule has 2 fully saturated rings. The number of rotatable bonds is 0. The minimum absolute atomic E-state index is 0.0133. The molecular formula is C9H16O2. The molecule has 64 valence electrons. The second-order valence-electron chi connectivity index (χ2n) is 4.13. The van der Waals surface area contributed by atoms with E-state index in [1.54, 1.807) is 0 Å². The van der Waals surface area contributed by atoms with Gasteiger partial charge in [0.2, 0.25) is 0 Å². The van der Waals surface area contributed by atoms with Gasteiger partial charge in [-0.1, -0.05) is 13.8 Å². The van der Waals surface area contributed by atoms with Crippen LogP contribution in [-0.2, 0) is 9.47 Å². The van der Waals surface area contributed by atoms with Gasteiger partial charge in [-0.2, -0.15) is 0 Å². The van der Waals surface area contributed by atoms with Crippen LogP contribution < -0.4 is 0 Å². The van der Waals surface area contributed by atoms with Crippen molar-refractivity contribution < 1.29 is 9.47 Å². The first-order valence-electron chi connectivity index (χ1n) is 4.40. The van der Waals surface area contributed by atoms with E-state index in [4.69, 9.17) is 9.47 Å². The Bertz CT molecular complexity index is 169. The molecule has 0 aromatic heterocycles. The molecule has 0 spiro atoms. The molecule has 2 aliphatic heterocycles. The molecule has 0 saturated carbocycles. The van der Waals surface area contributed by atoms with Crippen molar-refractivity contribution >= 4 is 0 Å². The summed E-state index contributed by atoms with van der Waals surface area (Å²) in [6.45, 7) is 8.32. The second-order valence-corrected chi connectivity index (χ2v) is 4.13. The van der Waals surface area contributed by atoms with Crippen molar-refractivity contribution in [2.45, 2.75) is 32.5 Å². The molecule has 4 atom stereocenters. The Labute approximate surface area is 67.9 Å². The van der Waals surface area contributed by atoms with Crippen LogP contribution >= 0.6 is 0 Å². The molecular weight excluding hydrogens is 140 g/mol. The second kappa shape index (κ2) is 2.20. The Hall–Kier alpha value is -0.0800. The maximum absolute atomic E-state index is 5.76. The Morgan fingerprint density at radius 1 is 1.27 bits per heavy atom. The van der Waals surface area contributed by atoms with Crippen molar-refractivity contribution in [2.24, 2.45) is 11.8 Å². The van der Waals surface area contributed by atoms with E-state index in [-0.39, 0.29) is 5.60 Å². The van der Waals surface area contributed by atoms with E-state index >= 15 is 0 Å². The number of hydrogen-bond donors (Lipinski definition) is 0. The summed E-state index contributed by atoms with van der Waals surface area (Å²) in [5.74, 6) is 1.13. The van der Waals surface area contributed by atoms with E-state index in [0.717, 1.165) is 13.2 Å². The fourth-order valence-electron chi connectivity index (χ4n) is 2.21. The van der Waals surface area contributed by atoms with Gasteiger partial charge in [-0.25, -0.2) is 0 Å². The van der Waals surface area contributed by atoms with Gasteiger partial charge in [-0.3, -0.25) is 0 Å². The van der Waals surface area contributed by atoms with Crippen molar-refractivity contribution in [1.82, 2.24) is 0 Å². The first-order chi connectivity index (χ1) is 5.14. The average Bonchev–Trinajstić information content (AvgIpc) is 2.39. The maximum Gasteiger partial charge on any atom is 0.0965 e. The summed E-state index contributed by atoms with van der Waals surface area (Å²) in [6.07, 6.45) is 0.345. The van der Waals surface area contributed by atoms with Gasteiger partial charge in [0, 0.05) is 11.8 Å². The number of fused-ring (bicyclic) bond motifs is 1. The summed E-state index contributed by atoms with van der Waals surface area (Å²) in [4.78, 5) is 0. The Balaban J connectivity index is 2.23. The predicted molar refractivity (Wildman–Crippen MR) is 42.4 cm³/mol. The third-order valence-electron chi connectivity index (χ3n) is 3.24. The molecule has 2 aliphatic rings. The summed E-state index contributed by atoms with van der Waals surface area (Å²) < 4.78 is 11.4. The molecule has 0 aromatic carbocycles. The Morgan fingerprint density at radius 3 is 2.64 bits per heavy atom. The fraction of sp³-hybridized carbons (Fsp3) is 1.00. The van der Waals surface area contributed by atoms with Crippen molar-refractivity contribution in [2.75, 3.05) is 13.2 Å². The Morgan fingerprint density at radius 2 is 2.00 bits per heavy atom. The summed E-state index contributed by atoms with van der Waals surface area (Å²) >= 11 is 0. The van der Waals surface area contributed by atoms with Crippen LogP contribution in [0.5, 0.6) is 0 Å². The molecule has 0 amide bonds. The van der Waals surface area contributed by atoms with Crippen LogP contribution in [0.25, 0.3) is 0 Å². The highest BCUT2D eigenvalue weighted by Gasteiger charge is 2.53. The van der Waals surface area contributed by atoms with Gasteiger partial charge >= 0.3 is 0 Å². The highest BCUT2D eigenvalue weighted by atomic mass is 16.6. The smallest absolute Gasteiger partial charge is 0.0965 e. The van der Waals surface area contributed by atoms with Crippen LogP contribution in [0, 0.1) is 11.8 Å². The molecule has 11 heavy (non-hydrogen) atoms. The molecule has 2 nitrogen and oxygen atoms in total. The highest BCUT2D eigenvalue weighted by molar-refractivity contribution is 5.01. The molecule has 0 unspecified atom stereocenters. The first-order valence-corrected chi connectivity index (χ1v) is 4.40. The lowest BCUT2D eigenvalue weighted by molar-refractivity contribution is -0.0244. The van der Waals surface area contributed by atoms with Crippen molar-refractivity contribution in [1.29, 1.82) is 0 Å². The van der Waals surface area contributed by atoms with E-state index in [1.807, 2.05) is 0 Å². The Kier molecular flexibility index (Phi) is 1.52. The lowest BCUT2D eigenvalue weighted by Gasteiger charge is -2.26. The minimum atomic E-state index is 0.0133. The zero-order chi connectivity index (χ0) is 8.06. The molecule has 0 aliphatic carbocycles. The molecule has 2 saturated heterocycles. The topological polar surface area (TPSA) is 18.5 Å². The van der Waals surface area contributed by atoms with E-state index in [9.17, 15) is 0 Å². The summed E-state index contributed by atoms with van der Waals surface area (Å²) in [5.41, 5.74) is 0.0133. The van der Waals surface area contributed by atoms with Crippen LogP contribution in [0.1, 0.15) is 20.8 Å². The van der Waals surface area contributed by atoms with Gasteiger partial charge < -0.3 is 9.47 Å². The quantitative estimate of drug-likeness (QED) is 0.528. The minimum Gasteiger partial charge on any atom is -0.374 e. The molecule has 2 rings (SSSR count). The van der Waals surface area contributed by atoms with Crippen LogP contribution in [0.4, 0.5) is 0 Å². The van der Waals surface area contributed by atoms with Gasteiger partial charge in [0.15, 0.2) is 0 Å². The van der Waals surface area contributed by atoms with E-state index < -0.39 is 0 Å². The van der Waals surface area contributed by atoms with Crippen molar-refractivity contribution in [3.8, 4) is 0 Å². The van der Waals surface area contributed by atoms with Crippen LogP contribution in [-0.4, -0.2) is 24.9 Å². The van der Waals surface area contributed by atoms with Gasteiger partial charge in [0.05, 0.1) is 24.9 Å². The van der Waals surface area contributed by atoms with E-state index in [0.29, 0.717) is 17.9 Å².